The first-order chi connectivity index (χ1) is 10.3. The van der Waals surface area contributed by atoms with Crippen LogP contribution in [0.1, 0.15) is 29.0 Å². The van der Waals surface area contributed by atoms with Gasteiger partial charge in [0.05, 0.1) is 11.4 Å². The van der Waals surface area contributed by atoms with Crippen LogP contribution in [0.4, 0.5) is 0 Å². The van der Waals surface area contributed by atoms with E-state index in [0.717, 1.165) is 23.4 Å². The van der Waals surface area contributed by atoms with Crippen LogP contribution in [-0.2, 0) is 6.54 Å². The molecule has 3 heterocycles. The summed E-state index contributed by atoms with van der Waals surface area (Å²) in [5.41, 5.74) is 5.42. The van der Waals surface area contributed by atoms with Crippen molar-refractivity contribution in [3.8, 4) is 11.8 Å². The highest BCUT2D eigenvalue weighted by molar-refractivity contribution is 7.12. The zero-order valence-electron chi connectivity index (χ0n) is 12.8. The number of piperidine rings is 2. The third kappa shape index (κ3) is 3.67. The number of nitrogens with zero attached hydrogens (tertiary/aromatic N) is 2. The molecule has 0 spiro atoms. The normalized spacial score (nSPS) is 27.0. The SMILES string of the molecule is CN1CCCC2CN(Cc3ccc(C#CCN)s3)CCC21. The van der Waals surface area contributed by atoms with Gasteiger partial charge in [-0.1, -0.05) is 11.8 Å². The molecule has 2 unspecified atom stereocenters. The maximum atomic E-state index is 5.42. The van der Waals surface area contributed by atoms with Gasteiger partial charge >= 0.3 is 0 Å². The van der Waals surface area contributed by atoms with Gasteiger partial charge in [-0.3, -0.25) is 4.90 Å². The molecule has 2 atom stereocenters. The molecule has 0 radical (unpaired) electrons. The molecule has 0 saturated carbocycles. The fraction of sp³-hybridized carbons (Fsp3) is 0.647. The van der Waals surface area contributed by atoms with Crippen LogP contribution in [-0.4, -0.2) is 49.1 Å². The van der Waals surface area contributed by atoms with Gasteiger partial charge in [-0.25, -0.2) is 0 Å². The Labute approximate surface area is 132 Å². The second kappa shape index (κ2) is 6.93. The summed E-state index contributed by atoms with van der Waals surface area (Å²) in [6.45, 7) is 5.30. The van der Waals surface area contributed by atoms with Crippen LogP contribution in [0.25, 0.3) is 0 Å². The highest BCUT2D eigenvalue weighted by atomic mass is 32.1. The minimum absolute atomic E-state index is 0.440. The smallest absolute Gasteiger partial charge is 0.0772 e. The summed E-state index contributed by atoms with van der Waals surface area (Å²) in [6, 6.07) is 5.18. The van der Waals surface area contributed by atoms with Gasteiger partial charge in [0, 0.05) is 30.6 Å². The van der Waals surface area contributed by atoms with Crippen LogP contribution in [0.15, 0.2) is 12.1 Å². The Morgan fingerprint density at radius 3 is 3.10 bits per heavy atom. The number of likely N-dealkylation sites (tertiary alicyclic amines) is 2. The highest BCUT2D eigenvalue weighted by Crippen LogP contribution is 2.30. The molecule has 1 aromatic rings. The van der Waals surface area contributed by atoms with Crippen molar-refractivity contribution in [3.63, 3.8) is 0 Å². The number of nitrogens with two attached hydrogens (primary N) is 1. The molecule has 2 aliphatic heterocycles. The van der Waals surface area contributed by atoms with Crippen molar-refractivity contribution in [1.82, 2.24) is 9.80 Å². The van der Waals surface area contributed by atoms with Crippen LogP contribution in [0.5, 0.6) is 0 Å². The van der Waals surface area contributed by atoms with Crippen molar-refractivity contribution in [3.05, 3.63) is 21.9 Å². The molecule has 21 heavy (non-hydrogen) atoms. The third-order valence-corrected chi connectivity index (χ3v) is 5.77. The third-order valence-electron chi connectivity index (χ3n) is 4.78. The largest absolute Gasteiger partial charge is 0.320 e. The lowest BCUT2D eigenvalue weighted by Gasteiger charge is -2.45. The summed E-state index contributed by atoms with van der Waals surface area (Å²) in [5, 5.41) is 0. The van der Waals surface area contributed by atoms with E-state index in [1.807, 2.05) is 11.3 Å². The average Bonchev–Trinajstić information content (AvgIpc) is 2.93. The molecule has 4 heteroatoms. The first-order valence-electron chi connectivity index (χ1n) is 7.96. The number of thiophene rings is 1. The van der Waals surface area contributed by atoms with Gasteiger partial charge < -0.3 is 10.6 Å². The van der Waals surface area contributed by atoms with E-state index in [9.17, 15) is 0 Å². The van der Waals surface area contributed by atoms with Crippen molar-refractivity contribution < 1.29 is 0 Å². The maximum absolute atomic E-state index is 5.42. The minimum atomic E-state index is 0.440. The fourth-order valence-corrected chi connectivity index (χ4v) is 4.68. The van der Waals surface area contributed by atoms with Crippen molar-refractivity contribution in [2.75, 3.05) is 33.2 Å². The lowest BCUT2D eigenvalue weighted by molar-refractivity contribution is 0.0359. The summed E-state index contributed by atoms with van der Waals surface area (Å²) < 4.78 is 0. The zero-order chi connectivity index (χ0) is 14.7. The molecule has 3 nitrogen and oxygen atoms in total. The molecule has 2 saturated heterocycles. The predicted octanol–water partition coefficient (Wildman–Crippen LogP) is 1.97. The van der Waals surface area contributed by atoms with E-state index in [4.69, 9.17) is 5.73 Å². The van der Waals surface area contributed by atoms with Gasteiger partial charge in [0.1, 0.15) is 0 Å². The summed E-state index contributed by atoms with van der Waals surface area (Å²) in [7, 11) is 2.30. The molecule has 0 amide bonds. The molecule has 3 rings (SSSR count). The molecule has 0 bridgehead atoms. The zero-order valence-corrected chi connectivity index (χ0v) is 13.7. The fourth-order valence-electron chi connectivity index (χ4n) is 3.76. The molecule has 0 aliphatic carbocycles. The molecule has 2 N–H and O–H groups in total. The Bertz CT molecular complexity index is 528. The highest BCUT2D eigenvalue weighted by Gasteiger charge is 2.34. The Kier molecular flexibility index (Phi) is 4.97. The molecule has 114 valence electrons. The average molecular weight is 303 g/mol. The van der Waals surface area contributed by atoms with Gasteiger partial charge in [0.15, 0.2) is 0 Å². The Morgan fingerprint density at radius 1 is 1.33 bits per heavy atom. The number of rotatable bonds is 2. The van der Waals surface area contributed by atoms with E-state index < -0.39 is 0 Å². The van der Waals surface area contributed by atoms with E-state index in [2.05, 4.69) is 40.8 Å². The van der Waals surface area contributed by atoms with E-state index in [1.165, 1.54) is 43.8 Å². The molecule has 1 aromatic heterocycles. The van der Waals surface area contributed by atoms with E-state index in [0.29, 0.717) is 6.54 Å². The number of hydrogen-bond donors (Lipinski definition) is 1. The Morgan fingerprint density at radius 2 is 2.24 bits per heavy atom. The molecular weight excluding hydrogens is 278 g/mol. The molecule has 2 aliphatic rings. The van der Waals surface area contributed by atoms with Crippen LogP contribution < -0.4 is 5.73 Å². The summed E-state index contributed by atoms with van der Waals surface area (Å²) >= 11 is 1.82. The van der Waals surface area contributed by atoms with Crippen molar-refractivity contribution in [2.45, 2.75) is 31.8 Å². The Hall–Kier alpha value is -0.860. The van der Waals surface area contributed by atoms with Crippen LogP contribution in [0.3, 0.4) is 0 Å². The first kappa shape index (κ1) is 15.1. The quantitative estimate of drug-likeness (QED) is 0.848. The Balaban J connectivity index is 1.57. The maximum Gasteiger partial charge on any atom is 0.0772 e. The van der Waals surface area contributed by atoms with E-state index >= 15 is 0 Å². The number of fused-ring (bicyclic) bond motifs is 1. The first-order valence-corrected chi connectivity index (χ1v) is 8.78. The van der Waals surface area contributed by atoms with Gasteiger partial charge in [0.2, 0.25) is 0 Å². The van der Waals surface area contributed by atoms with Gasteiger partial charge in [-0.05, 0) is 50.9 Å². The minimum Gasteiger partial charge on any atom is -0.320 e. The number of hydrogen-bond acceptors (Lipinski definition) is 4. The monoisotopic (exact) mass is 303 g/mol. The summed E-state index contributed by atoms with van der Waals surface area (Å²) in [6.07, 6.45) is 4.10. The second-order valence-electron chi connectivity index (χ2n) is 6.25. The predicted molar refractivity (Wildman–Crippen MR) is 89.3 cm³/mol. The van der Waals surface area contributed by atoms with Gasteiger partial charge in [-0.15, -0.1) is 11.3 Å². The molecule has 2 fully saturated rings. The van der Waals surface area contributed by atoms with Crippen molar-refractivity contribution in [1.29, 1.82) is 0 Å². The lowest BCUT2D eigenvalue weighted by atomic mass is 9.84. The standard InChI is InChI=1S/C17H25N3S/c1-19-10-3-4-14-12-20(11-8-17(14)19)13-16-7-6-15(21-16)5-2-9-18/h6-7,14,17H,3-4,8-13,18H2,1H3. The van der Waals surface area contributed by atoms with E-state index in [-0.39, 0.29) is 0 Å². The summed E-state index contributed by atoms with van der Waals surface area (Å²) in [4.78, 5) is 7.78. The van der Waals surface area contributed by atoms with Crippen molar-refractivity contribution >= 4 is 11.3 Å². The topological polar surface area (TPSA) is 32.5 Å². The van der Waals surface area contributed by atoms with Crippen LogP contribution >= 0.6 is 11.3 Å². The molecular formula is C17H25N3S. The van der Waals surface area contributed by atoms with E-state index in [1.54, 1.807) is 0 Å². The van der Waals surface area contributed by atoms with Crippen molar-refractivity contribution in [2.24, 2.45) is 11.7 Å². The van der Waals surface area contributed by atoms with Gasteiger partial charge in [-0.2, -0.15) is 0 Å². The lowest BCUT2D eigenvalue weighted by Crippen LogP contribution is -2.52. The molecule has 0 aromatic carbocycles. The van der Waals surface area contributed by atoms with Gasteiger partial charge in [0.25, 0.3) is 0 Å². The second-order valence-corrected chi connectivity index (χ2v) is 7.41. The van der Waals surface area contributed by atoms with Crippen LogP contribution in [0.2, 0.25) is 0 Å². The van der Waals surface area contributed by atoms with Crippen LogP contribution in [0, 0.1) is 17.8 Å². The summed E-state index contributed by atoms with van der Waals surface area (Å²) in [5.74, 6) is 6.93.